The zero-order chi connectivity index (χ0) is 26.1. The molecule has 0 saturated carbocycles. The Labute approximate surface area is 207 Å². The van der Waals surface area contributed by atoms with Crippen molar-refractivity contribution >= 4 is 11.8 Å². The van der Waals surface area contributed by atoms with Gasteiger partial charge < -0.3 is 29.5 Å². The van der Waals surface area contributed by atoms with Gasteiger partial charge in [-0.2, -0.15) is 0 Å². The van der Waals surface area contributed by atoms with Crippen molar-refractivity contribution < 1.29 is 39.1 Å². The summed E-state index contributed by atoms with van der Waals surface area (Å²) in [4.78, 5) is 29.2. The molecule has 2 atom stereocenters. The Hall–Kier alpha value is -4.11. The maximum atomic E-state index is 12.6. The Morgan fingerprint density at radius 2 is 1.86 bits per heavy atom. The number of carbonyl (C=O) groups excluding carboxylic acids is 2. The normalized spacial score (nSPS) is 15.3. The number of methoxy groups -OCH3 is 2. The predicted octanol–water partition coefficient (Wildman–Crippen LogP) is 4.03. The minimum absolute atomic E-state index is 0.0464. The molecule has 1 aromatic heterocycles. The zero-order valence-corrected chi connectivity index (χ0v) is 20.4. The summed E-state index contributed by atoms with van der Waals surface area (Å²) in [6, 6.07) is 8.22. The summed E-state index contributed by atoms with van der Waals surface area (Å²) in [6.07, 6.45) is 0.397. The van der Waals surface area contributed by atoms with Gasteiger partial charge in [0.25, 0.3) is 0 Å². The Balaban J connectivity index is 2.01. The largest absolute Gasteiger partial charge is 0.507 e. The van der Waals surface area contributed by atoms with Crippen LogP contribution in [0, 0.1) is 6.92 Å². The van der Waals surface area contributed by atoms with Crippen LogP contribution in [0.3, 0.4) is 0 Å². The van der Waals surface area contributed by atoms with Crippen LogP contribution in [-0.2, 0) is 20.9 Å². The number of hydrogen-bond acceptors (Lipinski definition) is 9. The van der Waals surface area contributed by atoms with Crippen LogP contribution in [0.2, 0.25) is 0 Å². The summed E-state index contributed by atoms with van der Waals surface area (Å²) >= 11 is 0. The predicted molar refractivity (Wildman–Crippen MR) is 129 cm³/mol. The van der Waals surface area contributed by atoms with E-state index >= 15 is 0 Å². The molecule has 9 nitrogen and oxygen atoms in total. The van der Waals surface area contributed by atoms with Crippen molar-refractivity contribution in [1.82, 2.24) is 4.98 Å². The Morgan fingerprint density at radius 1 is 1.14 bits per heavy atom. The van der Waals surface area contributed by atoms with Crippen molar-refractivity contribution in [3.63, 3.8) is 0 Å². The lowest BCUT2D eigenvalue weighted by atomic mass is 9.82. The second-order valence-electron chi connectivity index (χ2n) is 8.58. The molecule has 2 aromatic carbocycles. The minimum Gasteiger partial charge on any atom is -0.507 e. The fourth-order valence-electron chi connectivity index (χ4n) is 4.64. The van der Waals surface area contributed by atoms with Crippen LogP contribution in [0.25, 0.3) is 0 Å². The van der Waals surface area contributed by atoms with Gasteiger partial charge in [-0.25, -0.2) is 0 Å². The molecular formula is C27H27NO8. The van der Waals surface area contributed by atoms with Crippen molar-refractivity contribution in [1.29, 1.82) is 0 Å². The van der Waals surface area contributed by atoms with Gasteiger partial charge in [0.05, 0.1) is 38.5 Å². The van der Waals surface area contributed by atoms with E-state index in [9.17, 15) is 24.9 Å². The maximum Gasteiger partial charge on any atom is 0.306 e. The van der Waals surface area contributed by atoms with Crippen LogP contribution < -0.4 is 4.74 Å². The number of aromatic hydroxyl groups is 3. The van der Waals surface area contributed by atoms with Gasteiger partial charge in [-0.1, -0.05) is 18.2 Å². The molecule has 0 radical (unpaired) electrons. The number of nitrogens with zero attached hydrogens (tertiary/aromatic N) is 1. The fourth-order valence-corrected chi connectivity index (χ4v) is 4.64. The molecule has 3 aromatic rings. The standard InChI is InChI=1S/C27H27NO8/c1-13-24(31)22-15(11-28-13)12-36-27(22)19-9-17(14(2)29)25(32)23(26(19)33)18(10-21(30)35-4)16-7-5-6-8-20(16)34-3/h5-9,11,18,27,31-33H,10,12H2,1-4H3/t18-,27-/m1/s1. The summed E-state index contributed by atoms with van der Waals surface area (Å²) in [5.74, 6) is -2.48. The van der Waals surface area contributed by atoms with Gasteiger partial charge in [-0.15, -0.1) is 0 Å². The van der Waals surface area contributed by atoms with Crippen LogP contribution in [0.5, 0.6) is 23.0 Å². The van der Waals surface area contributed by atoms with Crippen LogP contribution in [0.4, 0.5) is 0 Å². The van der Waals surface area contributed by atoms with Crippen molar-refractivity contribution in [2.75, 3.05) is 14.2 Å². The van der Waals surface area contributed by atoms with Crippen molar-refractivity contribution in [3.8, 4) is 23.0 Å². The first-order valence-electron chi connectivity index (χ1n) is 11.3. The monoisotopic (exact) mass is 493 g/mol. The average molecular weight is 494 g/mol. The number of ketones is 1. The number of pyridine rings is 1. The van der Waals surface area contributed by atoms with Gasteiger partial charge in [0.15, 0.2) is 5.78 Å². The van der Waals surface area contributed by atoms with E-state index in [1.165, 1.54) is 27.2 Å². The number of benzene rings is 2. The first kappa shape index (κ1) is 25.0. The van der Waals surface area contributed by atoms with E-state index in [0.717, 1.165) is 0 Å². The summed E-state index contributed by atoms with van der Waals surface area (Å²) in [6.45, 7) is 3.05. The summed E-state index contributed by atoms with van der Waals surface area (Å²) in [7, 11) is 2.70. The number of aryl methyl sites for hydroxylation is 1. The summed E-state index contributed by atoms with van der Waals surface area (Å²) in [5, 5.41) is 33.5. The molecular weight excluding hydrogens is 466 g/mol. The third-order valence-electron chi connectivity index (χ3n) is 6.49. The SMILES string of the molecule is COC(=O)C[C@H](c1ccccc1OC)c1c(O)c(C(C)=O)cc([C@H]2OCc3cnc(C)c(O)c32)c1O. The first-order chi connectivity index (χ1) is 17.2. The minimum atomic E-state index is -0.935. The lowest BCUT2D eigenvalue weighted by Gasteiger charge is -2.25. The number of Topliss-reactive ketones (excluding diaryl/α,β-unsaturated/α-hetero) is 1. The molecule has 1 aliphatic rings. The van der Waals surface area contributed by atoms with Crippen molar-refractivity contribution in [2.24, 2.45) is 0 Å². The molecule has 1 aliphatic heterocycles. The molecule has 0 spiro atoms. The molecule has 0 aliphatic carbocycles. The Morgan fingerprint density at radius 3 is 2.53 bits per heavy atom. The first-order valence-corrected chi connectivity index (χ1v) is 11.3. The molecule has 188 valence electrons. The number of ether oxygens (including phenoxy) is 3. The highest BCUT2D eigenvalue weighted by atomic mass is 16.5. The maximum absolute atomic E-state index is 12.6. The molecule has 36 heavy (non-hydrogen) atoms. The molecule has 2 heterocycles. The summed E-state index contributed by atoms with van der Waals surface area (Å²) < 4.78 is 16.3. The molecule has 9 heteroatoms. The lowest BCUT2D eigenvalue weighted by molar-refractivity contribution is -0.140. The van der Waals surface area contributed by atoms with Gasteiger partial charge in [-0.05, 0) is 26.0 Å². The second-order valence-corrected chi connectivity index (χ2v) is 8.58. The topological polar surface area (TPSA) is 135 Å². The van der Waals surface area contributed by atoms with Crippen molar-refractivity contribution in [3.05, 3.63) is 75.6 Å². The highest BCUT2D eigenvalue weighted by Crippen LogP contribution is 2.51. The van der Waals surface area contributed by atoms with Crippen LogP contribution in [0.15, 0.2) is 36.5 Å². The number of phenolic OH excluding ortho intramolecular Hbond substituents is 2. The third-order valence-corrected chi connectivity index (χ3v) is 6.49. The molecule has 0 fully saturated rings. The molecule has 0 unspecified atom stereocenters. The number of esters is 1. The third kappa shape index (κ3) is 4.22. The average Bonchev–Trinajstić information content (AvgIpc) is 3.30. The lowest BCUT2D eigenvalue weighted by Crippen LogP contribution is -2.14. The molecule has 0 saturated heterocycles. The van der Waals surface area contributed by atoms with Gasteiger partial charge in [0.1, 0.15) is 29.1 Å². The van der Waals surface area contributed by atoms with Crippen LogP contribution in [0.1, 0.15) is 69.2 Å². The van der Waals surface area contributed by atoms with Gasteiger partial charge in [0.2, 0.25) is 0 Å². The van der Waals surface area contributed by atoms with E-state index in [4.69, 9.17) is 14.2 Å². The Kier molecular flexibility index (Phi) is 6.85. The van der Waals surface area contributed by atoms with E-state index < -0.39 is 29.5 Å². The summed E-state index contributed by atoms with van der Waals surface area (Å²) in [5.41, 5.74) is 1.99. The smallest absolute Gasteiger partial charge is 0.306 e. The molecule has 4 rings (SSSR count). The number of hydrogen-bond donors (Lipinski definition) is 3. The Bertz CT molecular complexity index is 1350. The van der Waals surface area contributed by atoms with Gasteiger partial charge >= 0.3 is 5.97 Å². The van der Waals surface area contributed by atoms with E-state index in [1.807, 2.05) is 0 Å². The number of para-hydroxylation sites is 1. The van der Waals surface area contributed by atoms with Gasteiger partial charge in [0, 0.05) is 39.9 Å². The van der Waals surface area contributed by atoms with Crippen LogP contribution >= 0.6 is 0 Å². The fraction of sp³-hybridized carbons (Fsp3) is 0.296. The number of phenols is 2. The highest BCUT2D eigenvalue weighted by Gasteiger charge is 2.36. The number of carbonyl (C=O) groups is 2. The highest BCUT2D eigenvalue weighted by molar-refractivity contribution is 5.98. The number of aromatic nitrogens is 1. The van der Waals surface area contributed by atoms with E-state index in [2.05, 4.69) is 4.98 Å². The van der Waals surface area contributed by atoms with Crippen LogP contribution in [-0.4, -0.2) is 46.3 Å². The van der Waals surface area contributed by atoms with Gasteiger partial charge in [-0.3, -0.25) is 14.6 Å². The van der Waals surface area contributed by atoms with Crippen molar-refractivity contribution in [2.45, 2.75) is 38.9 Å². The quantitative estimate of drug-likeness (QED) is 0.329. The molecule has 0 bridgehead atoms. The van der Waals surface area contributed by atoms with E-state index in [1.54, 1.807) is 37.4 Å². The zero-order valence-electron chi connectivity index (χ0n) is 20.4. The molecule has 0 amide bonds. The molecule has 3 N–H and O–H groups in total. The number of rotatable bonds is 7. The van der Waals surface area contributed by atoms with E-state index in [0.29, 0.717) is 28.1 Å². The number of fused-ring (bicyclic) bond motifs is 1. The van der Waals surface area contributed by atoms with E-state index in [-0.39, 0.29) is 41.2 Å². The second kappa shape index (κ2) is 9.87.